The molecule has 0 bridgehead atoms. The largest absolute Gasteiger partial charge is 0.377 e. The maximum atomic E-state index is 5.47. The molecule has 0 amide bonds. The predicted octanol–water partition coefficient (Wildman–Crippen LogP) is 2.97. The minimum Gasteiger partial charge on any atom is -0.377 e. The van der Waals surface area contributed by atoms with Crippen molar-refractivity contribution in [1.29, 1.82) is 0 Å². The van der Waals surface area contributed by atoms with Crippen LogP contribution in [-0.4, -0.2) is 11.6 Å². The summed E-state index contributed by atoms with van der Waals surface area (Å²) < 4.78 is 5.47. The van der Waals surface area contributed by atoms with Crippen molar-refractivity contribution in [3.05, 3.63) is 52.0 Å². The van der Waals surface area contributed by atoms with Crippen molar-refractivity contribution in [3.63, 3.8) is 0 Å². The van der Waals surface area contributed by atoms with Crippen LogP contribution in [-0.2, 0) is 24.4 Å². The Balaban J connectivity index is 1.87. The first-order valence-electron chi connectivity index (χ1n) is 6.12. The molecule has 0 spiro atoms. The summed E-state index contributed by atoms with van der Waals surface area (Å²) in [5, 5.41) is 5.48. The van der Waals surface area contributed by atoms with Crippen molar-refractivity contribution in [3.8, 4) is 0 Å². The van der Waals surface area contributed by atoms with E-state index in [-0.39, 0.29) is 0 Å². The van der Waals surface area contributed by atoms with Gasteiger partial charge in [-0.3, -0.25) is 0 Å². The fraction of sp³-hybridized carbons (Fsp3) is 0.357. The van der Waals surface area contributed by atoms with E-state index in [9.17, 15) is 0 Å². The normalized spacial score (nSPS) is 10.7. The number of hydrogen-bond donors (Lipinski definition) is 1. The van der Waals surface area contributed by atoms with Gasteiger partial charge in [0.1, 0.15) is 0 Å². The molecule has 0 unspecified atom stereocenters. The number of nitrogens with zero attached hydrogens (tertiary/aromatic N) is 1. The number of aromatic nitrogens is 1. The third kappa shape index (κ3) is 3.91. The van der Waals surface area contributed by atoms with Crippen LogP contribution >= 0.6 is 11.3 Å². The highest BCUT2D eigenvalue weighted by Crippen LogP contribution is 2.10. The lowest BCUT2D eigenvalue weighted by Gasteiger charge is -2.10. The van der Waals surface area contributed by atoms with Crippen LogP contribution in [0.4, 0.5) is 0 Å². The summed E-state index contributed by atoms with van der Waals surface area (Å²) >= 11 is 1.63. The molecule has 0 fully saturated rings. The fourth-order valence-electron chi connectivity index (χ4n) is 1.73. The predicted molar refractivity (Wildman–Crippen MR) is 74.4 cm³/mol. The van der Waals surface area contributed by atoms with Crippen molar-refractivity contribution in [1.82, 2.24) is 10.3 Å². The molecule has 3 nitrogen and oxygen atoms in total. The first kappa shape index (κ1) is 13.2. The summed E-state index contributed by atoms with van der Waals surface area (Å²) in [6.07, 6.45) is 0. The standard InChI is InChI=1S/C14H18N2OS/c1-2-17-9-13-6-4-3-5-12(13)7-15-8-14-10-18-11-16-14/h3-6,10-11,15H,2,7-9H2,1H3. The van der Waals surface area contributed by atoms with E-state index in [0.717, 1.165) is 25.4 Å². The van der Waals surface area contributed by atoms with Crippen LogP contribution in [0.1, 0.15) is 23.7 Å². The van der Waals surface area contributed by atoms with Crippen molar-refractivity contribution in [2.24, 2.45) is 0 Å². The quantitative estimate of drug-likeness (QED) is 0.833. The molecule has 18 heavy (non-hydrogen) atoms. The molecule has 4 heteroatoms. The second-order valence-electron chi connectivity index (χ2n) is 3.99. The van der Waals surface area contributed by atoms with Crippen LogP contribution < -0.4 is 5.32 Å². The highest BCUT2D eigenvalue weighted by molar-refractivity contribution is 7.07. The number of nitrogens with one attached hydrogen (secondary N) is 1. The highest BCUT2D eigenvalue weighted by Gasteiger charge is 2.02. The average Bonchev–Trinajstić information content (AvgIpc) is 2.91. The van der Waals surface area contributed by atoms with E-state index in [4.69, 9.17) is 4.74 Å². The molecule has 0 aliphatic carbocycles. The summed E-state index contributed by atoms with van der Waals surface area (Å²) in [6, 6.07) is 8.38. The molecule has 0 radical (unpaired) electrons. The topological polar surface area (TPSA) is 34.1 Å². The van der Waals surface area contributed by atoms with Gasteiger partial charge in [-0.05, 0) is 18.1 Å². The van der Waals surface area contributed by atoms with E-state index < -0.39 is 0 Å². The van der Waals surface area contributed by atoms with Crippen LogP contribution in [0, 0.1) is 0 Å². The molecule has 96 valence electrons. The molecule has 1 aromatic heterocycles. The molecule has 0 saturated heterocycles. The van der Waals surface area contributed by atoms with Gasteiger partial charge in [0.2, 0.25) is 0 Å². The van der Waals surface area contributed by atoms with E-state index in [1.807, 2.05) is 12.4 Å². The Labute approximate surface area is 112 Å². The van der Waals surface area contributed by atoms with E-state index in [2.05, 4.69) is 39.9 Å². The van der Waals surface area contributed by atoms with Gasteiger partial charge in [0, 0.05) is 25.1 Å². The van der Waals surface area contributed by atoms with E-state index in [1.165, 1.54) is 11.1 Å². The monoisotopic (exact) mass is 262 g/mol. The number of ether oxygens (including phenoxy) is 1. The molecule has 2 aromatic rings. The molecular formula is C14H18N2OS. The second kappa shape index (κ2) is 7.26. The SMILES string of the molecule is CCOCc1ccccc1CNCc1cscn1. The van der Waals surface area contributed by atoms with E-state index in [0.29, 0.717) is 6.61 Å². The molecule has 0 atom stereocenters. The minimum absolute atomic E-state index is 0.686. The third-order valence-corrected chi connectivity index (χ3v) is 3.32. The Morgan fingerprint density at radius 1 is 1.22 bits per heavy atom. The zero-order chi connectivity index (χ0) is 12.6. The maximum absolute atomic E-state index is 5.47. The van der Waals surface area contributed by atoms with Crippen molar-refractivity contribution < 1.29 is 4.74 Å². The van der Waals surface area contributed by atoms with Crippen LogP contribution in [0.2, 0.25) is 0 Å². The lowest BCUT2D eigenvalue weighted by molar-refractivity contribution is 0.133. The molecule has 1 heterocycles. The first-order valence-corrected chi connectivity index (χ1v) is 7.06. The molecular weight excluding hydrogens is 244 g/mol. The molecule has 0 aliphatic heterocycles. The summed E-state index contributed by atoms with van der Waals surface area (Å²) in [5.74, 6) is 0. The lowest BCUT2D eigenvalue weighted by Crippen LogP contribution is -2.14. The Kier molecular flexibility index (Phi) is 5.33. The molecule has 1 aromatic carbocycles. The van der Waals surface area contributed by atoms with Gasteiger partial charge in [-0.2, -0.15) is 0 Å². The Bertz CT molecular complexity index is 457. The van der Waals surface area contributed by atoms with Gasteiger partial charge >= 0.3 is 0 Å². The smallest absolute Gasteiger partial charge is 0.0795 e. The molecule has 0 aliphatic rings. The summed E-state index contributed by atoms with van der Waals surface area (Å²) in [4.78, 5) is 4.25. The van der Waals surface area contributed by atoms with Gasteiger partial charge in [0.15, 0.2) is 0 Å². The van der Waals surface area contributed by atoms with Gasteiger partial charge in [-0.25, -0.2) is 4.98 Å². The third-order valence-electron chi connectivity index (χ3n) is 2.69. The van der Waals surface area contributed by atoms with Gasteiger partial charge < -0.3 is 10.1 Å². The van der Waals surface area contributed by atoms with Crippen LogP contribution in [0.3, 0.4) is 0 Å². The number of rotatable bonds is 7. The van der Waals surface area contributed by atoms with Gasteiger partial charge in [-0.1, -0.05) is 24.3 Å². The van der Waals surface area contributed by atoms with E-state index in [1.54, 1.807) is 11.3 Å². The van der Waals surface area contributed by atoms with Crippen molar-refractivity contribution >= 4 is 11.3 Å². The zero-order valence-corrected chi connectivity index (χ0v) is 11.4. The van der Waals surface area contributed by atoms with Crippen molar-refractivity contribution in [2.75, 3.05) is 6.61 Å². The van der Waals surface area contributed by atoms with Crippen LogP contribution in [0.15, 0.2) is 35.2 Å². The maximum Gasteiger partial charge on any atom is 0.0795 e. The Hall–Kier alpha value is -1.23. The van der Waals surface area contributed by atoms with Crippen molar-refractivity contribution in [2.45, 2.75) is 26.6 Å². The number of benzene rings is 1. The van der Waals surface area contributed by atoms with Crippen LogP contribution in [0.5, 0.6) is 0 Å². The highest BCUT2D eigenvalue weighted by atomic mass is 32.1. The molecule has 0 saturated carbocycles. The minimum atomic E-state index is 0.686. The average molecular weight is 262 g/mol. The summed E-state index contributed by atoms with van der Waals surface area (Å²) in [5.41, 5.74) is 5.51. The van der Waals surface area contributed by atoms with Gasteiger partial charge in [0.25, 0.3) is 0 Å². The van der Waals surface area contributed by atoms with E-state index >= 15 is 0 Å². The number of thiazole rings is 1. The second-order valence-corrected chi connectivity index (χ2v) is 4.71. The van der Waals surface area contributed by atoms with Crippen LogP contribution in [0.25, 0.3) is 0 Å². The summed E-state index contributed by atoms with van der Waals surface area (Å²) in [6.45, 7) is 5.11. The van der Waals surface area contributed by atoms with Gasteiger partial charge in [0.05, 0.1) is 17.8 Å². The molecule has 1 N–H and O–H groups in total. The Morgan fingerprint density at radius 3 is 2.78 bits per heavy atom. The lowest BCUT2D eigenvalue weighted by atomic mass is 10.1. The zero-order valence-electron chi connectivity index (χ0n) is 10.6. The Morgan fingerprint density at radius 2 is 2.06 bits per heavy atom. The first-order chi connectivity index (χ1) is 8.90. The fourth-order valence-corrected chi connectivity index (χ4v) is 2.29. The molecule has 2 rings (SSSR count). The van der Waals surface area contributed by atoms with Gasteiger partial charge in [-0.15, -0.1) is 11.3 Å². The summed E-state index contributed by atoms with van der Waals surface area (Å²) in [7, 11) is 0. The number of hydrogen-bond acceptors (Lipinski definition) is 4.